The Morgan fingerprint density at radius 2 is 2.28 bits per heavy atom. The molecule has 0 bridgehead atoms. The highest BCUT2D eigenvalue weighted by molar-refractivity contribution is 9.10. The molecule has 2 heterocycles. The maximum absolute atomic E-state index is 5.78. The zero-order valence-electron chi connectivity index (χ0n) is 9.57. The lowest BCUT2D eigenvalue weighted by atomic mass is 10.1. The molecule has 0 saturated carbocycles. The molecule has 0 saturated heterocycles. The third kappa shape index (κ3) is 2.11. The van der Waals surface area contributed by atoms with E-state index in [2.05, 4.69) is 48.7 Å². The number of anilines is 4. The van der Waals surface area contributed by atoms with E-state index in [1.54, 1.807) is 6.20 Å². The summed E-state index contributed by atoms with van der Waals surface area (Å²) in [4.78, 5) is 8.30. The molecule has 1 aromatic carbocycles. The first-order valence-corrected chi connectivity index (χ1v) is 6.43. The second-order valence-corrected chi connectivity index (χ2v) is 4.91. The molecule has 0 aliphatic carbocycles. The van der Waals surface area contributed by atoms with E-state index in [1.165, 1.54) is 11.3 Å². The van der Waals surface area contributed by atoms with E-state index in [9.17, 15) is 0 Å². The van der Waals surface area contributed by atoms with E-state index in [0.29, 0.717) is 16.2 Å². The summed E-state index contributed by atoms with van der Waals surface area (Å²) in [5, 5.41) is 6.51. The number of benzene rings is 1. The average molecular weight is 306 g/mol. The van der Waals surface area contributed by atoms with Crippen LogP contribution in [0.5, 0.6) is 0 Å². The number of aromatic nitrogens is 2. The fourth-order valence-corrected chi connectivity index (χ4v) is 2.27. The van der Waals surface area contributed by atoms with E-state index in [-0.39, 0.29) is 0 Å². The standard InChI is InChI=1S/C12H12BrN5/c13-10-6-16-11(14)12(18-10)17-8-1-2-9-7(5-8)3-4-15-9/h1-2,5-6,15H,3-4H2,(H2,14,16)(H,17,18). The number of fused-ring (bicyclic) bond motifs is 1. The Hall–Kier alpha value is -1.82. The van der Waals surface area contributed by atoms with Gasteiger partial charge in [0.2, 0.25) is 0 Å². The Morgan fingerprint density at radius 1 is 1.39 bits per heavy atom. The summed E-state index contributed by atoms with van der Waals surface area (Å²) in [5.41, 5.74) is 9.26. The van der Waals surface area contributed by atoms with E-state index in [4.69, 9.17) is 5.73 Å². The van der Waals surface area contributed by atoms with Crippen LogP contribution in [0.1, 0.15) is 5.56 Å². The molecule has 0 unspecified atom stereocenters. The van der Waals surface area contributed by atoms with Crippen molar-refractivity contribution in [2.24, 2.45) is 0 Å². The molecule has 1 aliphatic rings. The number of hydrogen-bond acceptors (Lipinski definition) is 5. The van der Waals surface area contributed by atoms with E-state index in [0.717, 1.165) is 18.7 Å². The molecule has 1 aromatic heterocycles. The summed E-state index contributed by atoms with van der Waals surface area (Å²) >= 11 is 3.28. The largest absolute Gasteiger partial charge is 0.384 e. The fourth-order valence-electron chi connectivity index (χ4n) is 1.99. The molecular formula is C12H12BrN5. The van der Waals surface area contributed by atoms with Gasteiger partial charge in [-0.3, -0.25) is 0 Å². The summed E-state index contributed by atoms with van der Waals surface area (Å²) in [6, 6.07) is 6.17. The van der Waals surface area contributed by atoms with Gasteiger partial charge in [0.05, 0.1) is 6.20 Å². The molecular weight excluding hydrogens is 294 g/mol. The van der Waals surface area contributed by atoms with Crippen molar-refractivity contribution in [2.45, 2.75) is 6.42 Å². The van der Waals surface area contributed by atoms with Gasteiger partial charge in [0.15, 0.2) is 11.6 Å². The van der Waals surface area contributed by atoms with Crippen LogP contribution < -0.4 is 16.4 Å². The summed E-state index contributed by atoms with van der Waals surface area (Å²) < 4.78 is 0.655. The van der Waals surface area contributed by atoms with Crippen LogP contribution in [0.15, 0.2) is 29.0 Å². The summed E-state index contributed by atoms with van der Waals surface area (Å²) in [6.45, 7) is 0.998. The first-order chi connectivity index (χ1) is 8.72. The summed E-state index contributed by atoms with van der Waals surface area (Å²) in [6.07, 6.45) is 2.62. The lowest BCUT2D eigenvalue weighted by Gasteiger charge is -2.09. The van der Waals surface area contributed by atoms with Crippen LogP contribution >= 0.6 is 15.9 Å². The summed E-state index contributed by atoms with van der Waals surface area (Å²) in [5.74, 6) is 0.951. The van der Waals surface area contributed by atoms with Gasteiger partial charge in [-0.05, 0) is 46.1 Å². The average Bonchev–Trinajstić information content (AvgIpc) is 2.81. The van der Waals surface area contributed by atoms with Crippen molar-refractivity contribution in [2.75, 3.05) is 22.9 Å². The second-order valence-electron chi connectivity index (χ2n) is 4.10. The van der Waals surface area contributed by atoms with Crippen molar-refractivity contribution < 1.29 is 0 Å². The van der Waals surface area contributed by atoms with Crippen LogP contribution in [0.25, 0.3) is 0 Å². The molecule has 92 valence electrons. The minimum atomic E-state index is 0.386. The fraction of sp³-hybridized carbons (Fsp3) is 0.167. The van der Waals surface area contributed by atoms with Gasteiger partial charge >= 0.3 is 0 Å². The first kappa shape index (κ1) is 11.3. The van der Waals surface area contributed by atoms with Crippen molar-refractivity contribution in [3.05, 3.63) is 34.6 Å². The van der Waals surface area contributed by atoms with Crippen LogP contribution in [-0.4, -0.2) is 16.5 Å². The number of nitrogen functional groups attached to an aromatic ring is 1. The molecule has 5 nitrogen and oxygen atoms in total. The van der Waals surface area contributed by atoms with Crippen molar-refractivity contribution in [3.63, 3.8) is 0 Å². The third-order valence-electron chi connectivity index (χ3n) is 2.85. The quantitative estimate of drug-likeness (QED) is 0.795. The Morgan fingerprint density at radius 3 is 3.17 bits per heavy atom. The van der Waals surface area contributed by atoms with Gasteiger partial charge in [-0.15, -0.1) is 0 Å². The van der Waals surface area contributed by atoms with Gasteiger partial charge in [0.25, 0.3) is 0 Å². The molecule has 0 amide bonds. The number of halogens is 1. The number of nitrogens with two attached hydrogens (primary N) is 1. The minimum Gasteiger partial charge on any atom is -0.384 e. The number of nitrogens with zero attached hydrogens (tertiary/aromatic N) is 2. The Bertz CT molecular complexity index is 599. The first-order valence-electron chi connectivity index (χ1n) is 5.64. The maximum atomic E-state index is 5.78. The molecule has 6 heteroatoms. The Labute approximate surface area is 113 Å². The predicted octanol–water partition coefficient (Wildman–Crippen LogP) is 2.53. The molecule has 3 rings (SSSR count). The molecule has 0 radical (unpaired) electrons. The molecule has 0 fully saturated rings. The van der Waals surface area contributed by atoms with Gasteiger partial charge in [-0.2, -0.15) is 0 Å². The lowest BCUT2D eigenvalue weighted by molar-refractivity contribution is 1.11. The van der Waals surface area contributed by atoms with Crippen LogP contribution in [0.2, 0.25) is 0 Å². The maximum Gasteiger partial charge on any atom is 0.174 e. The van der Waals surface area contributed by atoms with Crippen LogP contribution in [-0.2, 0) is 6.42 Å². The van der Waals surface area contributed by atoms with E-state index >= 15 is 0 Å². The zero-order valence-corrected chi connectivity index (χ0v) is 11.2. The van der Waals surface area contributed by atoms with E-state index in [1.807, 2.05) is 6.07 Å². The molecule has 0 spiro atoms. The van der Waals surface area contributed by atoms with Crippen molar-refractivity contribution in [3.8, 4) is 0 Å². The van der Waals surface area contributed by atoms with Gasteiger partial charge in [-0.25, -0.2) is 9.97 Å². The van der Waals surface area contributed by atoms with Crippen LogP contribution in [0.3, 0.4) is 0 Å². The Kier molecular flexibility index (Phi) is 2.79. The highest BCUT2D eigenvalue weighted by Gasteiger charge is 2.11. The zero-order chi connectivity index (χ0) is 12.5. The van der Waals surface area contributed by atoms with Gasteiger partial charge < -0.3 is 16.4 Å². The molecule has 1 aliphatic heterocycles. The second kappa shape index (κ2) is 4.45. The van der Waals surface area contributed by atoms with Gasteiger partial charge in [0.1, 0.15) is 4.60 Å². The van der Waals surface area contributed by atoms with Gasteiger partial charge in [0, 0.05) is 17.9 Å². The monoisotopic (exact) mass is 305 g/mol. The third-order valence-corrected chi connectivity index (χ3v) is 3.23. The number of hydrogen-bond donors (Lipinski definition) is 3. The highest BCUT2D eigenvalue weighted by Crippen LogP contribution is 2.28. The lowest BCUT2D eigenvalue weighted by Crippen LogP contribution is -2.01. The molecule has 0 atom stereocenters. The molecule has 18 heavy (non-hydrogen) atoms. The molecule has 2 aromatic rings. The van der Waals surface area contributed by atoms with E-state index < -0.39 is 0 Å². The van der Waals surface area contributed by atoms with Crippen LogP contribution in [0, 0.1) is 0 Å². The SMILES string of the molecule is Nc1ncc(Br)nc1Nc1ccc2c(c1)CCN2. The van der Waals surface area contributed by atoms with Crippen molar-refractivity contribution in [1.29, 1.82) is 0 Å². The minimum absolute atomic E-state index is 0.386. The highest BCUT2D eigenvalue weighted by atomic mass is 79.9. The van der Waals surface area contributed by atoms with Crippen molar-refractivity contribution >= 4 is 38.9 Å². The van der Waals surface area contributed by atoms with Crippen molar-refractivity contribution in [1.82, 2.24) is 9.97 Å². The topological polar surface area (TPSA) is 75.9 Å². The summed E-state index contributed by atoms with van der Waals surface area (Å²) in [7, 11) is 0. The number of nitrogens with one attached hydrogen (secondary N) is 2. The molecule has 4 N–H and O–H groups in total. The predicted molar refractivity (Wildman–Crippen MR) is 76.1 cm³/mol. The normalized spacial score (nSPS) is 12.9. The van der Waals surface area contributed by atoms with Gasteiger partial charge in [-0.1, -0.05) is 0 Å². The van der Waals surface area contributed by atoms with Crippen LogP contribution in [0.4, 0.5) is 23.0 Å². The smallest absolute Gasteiger partial charge is 0.174 e. The Balaban J connectivity index is 1.90. The number of rotatable bonds is 2.